The molecule has 1 N–H and O–H groups in total. The summed E-state index contributed by atoms with van der Waals surface area (Å²) < 4.78 is 3.41. The Labute approximate surface area is 174 Å². The van der Waals surface area contributed by atoms with Crippen molar-refractivity contribution in [3.05, 3.63) is 107 Å². The molecule has 0 saturated heterocycles. The highest BCUT2D eigenvalue weighted by atomic mass is 35.5. The van der Waals surface area contributed by atoms with E-state index in [4.69, 9.17) is 11.6 Å². The third kappa shape index (κ3) is 4.74. The van der Waals surface area contributed by atoms with Crippen LogP contribution in [0.3, 0.4) is 0 Å². The maximum Gasteiger partial charge on any atom is 0.130 e. The Hall–Kier alpha value is -2.77. The molecule has 4 rings (SSSR count). The molecule has 4 aromatic rings. The summed E-state index contributed by atoms with van der Waals surface area (Å²) in [4.78, 5) is 5.50. The first-order chi connectivity index (χ1) is 13.8. The van der Waals surface area contributed by atoms with Crippen LogP contribution >= 0.6 is 23.5 Å². The van der Waals surface area contributed by atoms with Crippen molar-refractivity contribution in [2.24, 2.45) is 0 Å². The maximum atomic E-state index is 6.15. The minimum absolute atomic E-state index is 0.516. The molecule has 4 heteroatoms. The molecular weight excluding hydrogens is 384 g/mol. The first-order valence-corrected chi connectivity index (χ1v) is 10.1. The topological polar surface area (TPSA) is 24.9 Å². The van der Waals surface area contributed by atoms with E-state index in [1.807, 2.05) is 66.7 Å². The van der Waals surface area contributed by atoms with Crippen molar-refractivity contribution in [1.82, 2.24) is 9.71 Å². The molecular formula is C24H17ClN2S. The third-order valence-electron chi connectivity index (χ3n) is 4.20. The molecule has 28 heavy (non-hydrogen) atoms. The lowest BCUT2D eigenvalue weighted by Gasteiger charge is -2.08. The second-order valence-electron chi connectivity index (χ2n) is 6.18. The minimum atomic E-state index is 0.516. The van der Waals surface area contributed by atoms with Crippen molar-refractivity contribution < 1.29 is 0 Å². The molecule has 136 valence electrons. The van der Waals surface area contributed by atoms with Gasteiger partial charge in [-0.1, -0.05) is 59.8 Å². The molecule has 0 atom stereocenters. The number of hydrogen-bond donors (Lipinski definition) is 1. The van der Waals surface area contributed by atoms with Gasteiger partial charge in [-0.15, -0.1) is 0 Å². The molecule has 0 aliphatic carbocycles. The molecule has 0 unspecified atom stereocenters. The van der Waals surface area contributed by atoms with Gasteiger partial charge in [0, 0.05) is 28.0 Å². The van der Waals surface area contributed by atoms with E-state index in [0.717, 1.165) is 32.5 Å². The molecule has 0 amide bonds. The number of aromatic nitrogens is 1. The predicted octanol–water partition coefficient (Wildman–Crippen LogP) is 6.08. The van der Waals surface area contributed by atoms with E-state index in [1.54, 1.807) is 11.9 Å². The highest BCUT2D eigenvalue weighted by Gasteiger charge is 2.04. The first-order valence-electron chi connectivity index (χ1n) is 8.89. The van der Waals surface area contributed by atoms with E-state index < -0.39 is 0 Å². The SMILES string of the molecule is Clc1cc(CNSc2ccc(C#Cc3ccccc3)cc2)c2ccccc2n1. The molecule has 3 aromatic carbocycles. The van der Waals surface area contributed by atoms with Gasteiger partial charge >= 0.3 is 0 Å². The molecule has 1 heterocycles. The normalized spacial score (nSPS) is 10.5. The summed E-state index contributed by atoms with van der Waals surface area (Å²) >= 11 is 7.74. The van der Waals surface area contributed by atoms with Crippen LogP contribution in [0.4, 0.5) is 0 Å². The lowest BCUT2D eigenvalue weighted by atomic mass is 10.1. The second-order valence-corrected chi connectivity index (χ2v) is 7.54. The molecule has 0 radical (unpaired) electrons. The van der Waals surface area contributed by atoms with Crippen LogP contribution < -0.4 is 4.72 Å². The van der Waals surface area contributed by atoms with Gasteiger partial charge in [-0.3, -0.25) is 4.72 Å². The lowest BCUT2D eigenvalue weighted by molar-refractivity contribution is 0.982. The zero-order valence-corrected chi connectivity index (χ0v) is 16.6. The molecule has 0 aliphatic heterocycles. The van der Waals surface area contributed by atoms with Gasteiger partial charge in [0.2, 0.25) is 0 Å². The molecule has 0 spiro atoms. The Balaban J connectivity index is 1.39. The van der Waals surface area contributed by atoms with Crippen LogP contribution in [0.2, 0.25) is 5.15 Å². The van der Waals surface area contributed by atoms with Gasteiger partial charge in [0.25, 0.3) is 0 Å². The van der Waals surface area contributed by atoms with E-state index in [9.17, 15) is 0 Å². The minimum Gasteiger partial charge on any atom is -0.255 e. The maximum absolute atomic E-state index is 6.15. The fourth-order valence-corrected chi connectivity index (χ4v) is 3.72. The van der Waals surface area contributed by atoms with Crippen molar-refractivity contribution in [2.75, 3.05) is 0 Å². The lowest BCUT2D eigenvalue weighted by Crippen LogP contribution is -2.04. The van der Waals surface area contributed by atoms with Crippen molar-refractivity contribution in [2.45, 2.75) is 11.4 Å². The van der Waals surface area contributed by atoms with Gasteiger partial charge in [0.1, 0.15) is 5.15 Å². The van der Waals surface area contributed by atoms with E-state index in [0.29, 0.717) is 11.7 Å². The molecule has 0 fully saturated rings. The summed E-state index contributed by atoms with van der Waals surface area (Å²) in [5, 5.41) is 1.63. The number of nitrogens with one attached hydrogen (secondary N) is 1. The quantitative estimate of drug-likeness (QED) is 0.255. The fraction of sp³-hybridized carbons (Fsp3) is 0.0417. The number of rotatable bonds is 4. The number of halogens is 1. The average molecular weight is 401 g/mol. The van der Waals surface area contributed by atoms with Crippen LogP contribution in [0.15, 0.2) is 89.8 Å². The zero-order valence-electron chi connectivity index (χ0n) is 15.0. The second kappa shape index (κ2) is 8.95. The molecule has 2 nitrogen and oxygen atoms in total. The number of pyridine rings is 1. The summed E-state index contributed by atoms with van der Waals surface area (Å²) in [7, 11) is 0. The van der Waals surface area contributed by atoms with Gasteiger partial charge in [0.15, 0.2) is 0 Å². The Morgan fingerprint density at radius 3 is 2.29 bits per heavy atom. The summed E-state index contributed by atoms with van der Waals surface area (Å²) in [6, 6.07) is 28.2. The van der Waals surface area contributed by atoms with Crippen molar-refractivity contribution >= 4 is 34.5 Å². The van der Waals surface area contributed by atoms with Crippen molar-refractivity contribution in [3.63, 3.8) is 0 Å². The van der Waals surface area contributed by atoms with Gasteiger partial charge in [-0.2, -0.15) is 0 Å². The highest BCUT2D eigenvalue weighted by Crippen LogP contribution is 2.22. The summed E-state index contributed by atoms with van der Waals surface area (Å²) in [5.41, 5.74) is 4.07. The van der Waals surface area contributed by atoms with Crippen LogP contribution in [0, 0.1) is 11.8 Å². The number of benzene rings is 3. The van der Waals surface area contributed by atoms with E-state index in [2.05, 4.69) is 39.7 Å². The summed E-state index contributed by atoms with van der Waals surface area (Å²) in [5.74, 6) is 6.37. The zero-order chi connectivity index (χ0) is 19.2. The van der Waals surface area contributed by atoms with E-state index in [1.165, 1.54) is 0 Å². The number of hydrogen-bond acceptors (Lipinski definition) is 3. The molecule has 1 aromatic heterocycles. The van der Waals surface area contributed by atoms with Crippen LogP contribution in [0.1, 0.15) is 16.7 Å². The molecule has 0 saturated carbocycles. The Kier molecular flexibility index (Phi) is 5.94. The predicted molar refractivity (Wildman–Crippen MR) is 118 cm³/mol. The summed E-state index contributed by atoms with van der Waals surface area (Å²) in [6.45, 7) is 0.697. The van der Waals surface area contributed by atoms with Crippen LogP contribution in [0.25, 0.3) is 10.9 Å². The average Bonchev–Trinajstić information content (AvgIpc) is 2.74. The first kappa shape index (κ1) is 18.6. The van der Waals surface area contributed by atoms with Crippen molar-refractivity contribution in [1.29, 1.82) is 0 Å². The van der Waals surface area contributed by atoms with Gasteiger partial charge < -0.3 is 0 Å². The van der Waals surface area contributed by atoms with Gasteiger partial charge in [0.05, 0.1) is 5.52 Å². The Bertz CT molecular complexity index is 1150. The number of fused-ring (bicyclic) bond motifs is 1. The Morgan fingerprint density at radius 1 is 0.821 bits per heavy atom. The largest absolute Gasteiger partial charge is 0.255 e. The Morgan fingerprint density at radius 2 is 1.50 bits per heavy atom. The smallest absolute Gasteiger partial charge is 0.130 e. The summed E-state index contributed by atoms with van der Waals surface area (Å²) in [6.07, 6.45) is 0. The van der Waals surface area contributed by atoms with Gasteiger partial charge in [-0.05, 0) is 66.0 Å². The highest BCUT2D eigenvalue weighted by molar-refractivity contribution is 7.97. The van der Waals surface area contributed by atoms with Crippen LogP contribution in [-0.4, -0.2) is 4.98 Å². The van der Waals surface area contributed by atoms with Gasteiger partial charge in [-0.25, -0.2) is 4.98 Å². The fourth-order valence-electron chi connectivity index (χ4n) is 2.83. The number of nitrogens with zero attached hydrogens (tertiary/aromatic N) is 1. The standard InChI is InChI=1S/C24H17ClN2S/c25-24-16-20(22-8-4-5-9-23(22)27-24)17-26-28-21-14-12-19(13-15-21)11-10-18-6-2-1-3-7-18/h1-9,12-16,26H,17H2. The molecule has 0 aliphatic rings. The van der Waals surface area contributed by atoms with Crippen LogP contribution in [-0.2, 0) is 6.54 Å². The van der Waals surface area contributed by atoms with E-state index >= 15 is 0 Å². The third-order valence-corrected chi connectivity index (χ3v) is 5.19. The monoisotopic (exact) mass is 400 g/mol. The number of para-hydroxylation sites is 1. The molecule has 0 bridgehead atoms. The van der Waals surface area contributed by atoms with Crippen LogP contribution in [0.5, 0.6) is 0 Å². The van der Waals surface area contributed by atoms with Crippen molar-refractivity contribution in [3.8, 4) is 11.8 Å². The van der Waals surface area contributed by atoms with E-state index in [-0.39, 0.29) is 0 Å².